The molecule has 49 heteroatoms. The van der Waals surface area contributed by atoms with Crippen molar-refractivity contribution in [2.24, 2.45) is 0 Å². The summed E-state index contributed by atoms with van der Waals surface area (Å²) in [6.45, 7) is 6.12. The molecule has 0 fully saturated rings. The van der Waals surface area contributed by atoms with Crippen LogP contribution >= 0.6 is 23.2 Å². The Labute approximate surface area is 798 Å². The van der Waals surface area contributed by atoms with Gasteiger partial charge in [-0.25, -0.2) is 82.6 Å². The van der Waals surface area contributed by atoms with Gasteiger partial charge < -0.3 is 50.3 Å². The van der Waals surface area contributed by atoms with Gasteiger partial charge in [-0.15, -0.1) is 91.3 Å². The topological polar surface area (TPSA) is 337 Å². The summed E-state index contributed by atoms with van der Waals surface area (Å²) >= 11 is 12.2. The van der Waals surface area contributed by atoms with Crippen LogP contribution in [0.25, 0.3) is 83.7 Å². The molecular weight excluding hydrogens is 1940 g/mol. The fourth-order valence-electron chi connectivity index (χ4n) is 13.5. The van der Waals surface area contributed by atoms with E-state index in [-0.39, 0.29) is 34.4 Å². The van der Waals surface area contributed by atoms with Gasteiger partial charge in [-0.3, -0.25) is 0 Å². The van der Waals surface area contributed by atoms with Crippen molar-refractivity contribution in [1.82, 2.24) is 104 Å². The number of aromatic nitrogens is 21. The first-order chi connectivity index (χ1) is 67.9. The Hall–Kier alpha value is -17.7. The zero-order chi connectivity index (χ0) is 100. The molecule has 0 atom stereocenters. The van der Waals surface area contributed by atoms with Crippen molar-refractivity contribution in [2.45, 2.75) is 59.0 Å². The number of nitrogens with one attached hydrogen (secondary N) is 5. The van der Waals surface area contributed by atoms with E-state index in [2.05, 4.69) is 138 Å². The quantitative estimate of drug-likeness (QED) is 0.0417. The van der Waals surface area contributed by atoms with Crippen molar-refractivity contribution < 1.29 is 93.9 Å². The van der Waals surface area contributed by atoms with Crippen LogP contribution in [0.1, 0.15) is 23.6 Å². The van der Waals surface area contributed by atoms with Crippen LogP contribution in [-0.2, 0) is 6.42 Å². The van der Waals surface area contributed by atoms with Crippen LogP contribution in [0.4, 0.5) is 128 Å². The molecule has 0 aliphatic rings. The fraction of sp³-hybridized carbons (Fsp3) is 0.0968. The third-order valence-electron chi connectivity index (χ3n) is 19.9. The fourth-order valence-corrected chi connectivity index (χ4v) is 14.0. The number of pyridine rings is 1. The molecule has 20 aromatic rings. The van der Waals surface area contributed by atoms with E-state index in [0.29, 0.717) is 134 Å². The normalized spacial score (nSPS) is 11.6. The van der Waals surface area contributed by atoms with Gasteiger partial charge in [0.05, 0.1) is 49.0 Å². The molecule has 5 N–H and O–H groups in total. The minimum atomic E-state index is -4.75. The van der Waals surface area contributed by atoms with E-state index in [4.69, 9.17) is 23.2 Å². The lowest BCUT2D eigenvalue weighted by atomic mass is 10.1. The molecule has 0 unspecified atom stereocenters. The van der Waals surface area contributed by atoms with Crippen LogP contribution in [0.3, 0.4) is 0 Å². The van der Waals surface area contributed by atoms with Gasteiger partial charge in [0, 0.05) is 70.6 Å². The second-order valence-corrected chi connectivity index (χ2v) is 30.4. The van der Waals surface area contributed by atoms with E-state index >= 15 is 0 Å². The number of nitrogens with zero attached hydrogens (tertiary/aromatic N) is 21. The minimum Gasteiger partial charge on any atom is -0.406 e. The van der Waals surface area contributed by atoms with Gasteiger partial charge in [-0.05, 0) is 213 Å². The third-order valence-corrected chi connectivity index (χ3v) is 20.5. The Morgan fingerprint density at radius 2 is 0.592 bits per heavy atom. The van der Waals surface area contributed by atoms with Gasteiger partial charge in [0.25, 0.3) is 0 Å². The van der Waals surface area contributed by atoms with Crippen LogP contribution in [0, 0.1) is 19.7 Å². The van der Waals surface area contributed by atoms with Crippen LogP contribution < -0.4 is 50.3 Å². The predicted molar refractivity (Wildman–Crippen MR) is 492 cm³/mol. The first-order valence-electron chi connectivity index (χ1n) is 41.3. The molecule has 0 bridgehead atoms. The third kappa shape index (κ3) is 25.4. The van der Waals surface area contributed by atoms with Gasteiger partial charge in [-0.2, -0.15) is 0 Å². The van der Waals surface area contributed by atoms with E-state index in [1.54, 1.807) is 92.0 Å². The Balaban J connectivity index is 0.000000128. The summed E-state index contributed by atoms with van der Waals surface area (Å²) in [5, 5.41) is 41.3. The highest BCUT2D eigenvalue weighted by atomic mass is 35.5. The molecule has 31 nitrogen and oxygen atoms in total. The Morgan fingerprint density at radius 1 is 0.296 bits per heavy atom. The number of ether oxygens (including phenoxy) is 5. The second kappa shape index (κ2) is 41.7. The van der Waals surface area contributed by atoms with E-state index in [1.165, 1.54) is 164 Å². The molecule has 722 valence electrons. The smallest absolute Gasteiger partial charge is 0.406 e. The molecule has 9 aromatic carbocycles. The van der Waals surface area contributed by atoms with Crippen molar-refractivity contribution in [3.63, 3.8) is 0 Å². The molecular formula is C93H64Cl2F16N26O5. The maximum atomic E-state index is 14.0. The minimum absolute atomic E-state index is 0.250. The SMILES string of the molecule is CCc1ccccc1-n1cc2c(Nc3ccc(OC(F)(F)F)cc3)ncnc2n1.Cc1cccc(-n2cc3c(Nc4ccc(OC(F)(F)F)cc4)ncnc3n2)c1C.FC(F)(F)Oc1ccc(Nc2ncnc3nn(-c4ccc(Cl)cc4Cl)cc23)cc1.FC(F)(F)Oc1ccc(Nc2ncnc3nn(-c4ccccn4)cc23)cc1.Fc1ccccc1-n1cc2c(Nc3ccc(OC(F)(F)F)cc3)ncnc2n1. The molecule has 11 aromatic heterocycles. The molecule has 11 heterocycles. The van der Waals surface area contributed by atoms with Crippen molar-refractivity contribution >= 4 is 136 Å². The highest BCUT2D eigenvalue weighted by molar-refractivity contribution is 6.35. The van der Waals surface area contributed by atoms with Gasteiger partial charge in [0.1, 0.15) is 101 Å². The van der Waals surface area contributed by atoms with Gasteiger partial charge in [0.15, 0.2) is 34.1 Å². The molecule has 0 saturated heterocycles. The van der Waals surface area contributed by atoms with Gasteiger partial charge >= 0.3 is 31.8 Å². The predicted octanol–water partition coefficient (Wildman–Crippen LogP) is 24.3. The summed E-state index contributed by atoms with van der Waals surface area (Å²) in [5.74, 6) is 0.894. The molecule has 0 spiro atoms. The van der Waals surface area contributed by atoms with Crippen LogP contribution in [0.15, 0.2) is 293 Å². The summed E-state index contributed by atoms with van der Waals surface area (Å²) in [4.78, 5) is 46.0. The summed E-state index contributed by atoms with van der Waals surface area (Å²) in [7, 11) is 0. The lowest BCUT2D eigenvalue weighted by Gasteiger charge is -2.10. The summed E-state index contributed by atoms with van der Waals surface area (Å²) in [5.41, 5.74) is 11.0. The Kier molecular flexibility index (Phi) is 28.6. The van der Waals surface area contributed by atoms with E-state index in [9.17, 15) is 70.2 Å². The number of rotatable bonds is 21. The number of hydrogen-bond donors (Lipinski definition) is 5. The van der Waals surface area contributed by atoms with Crippen LogP contribution in [0.2, 0.25) is 10.0 Å². The molecule has 0 aliphatic heterocycles. The van der Waals surface area contributed by atoms with E-state index in [1.807, 2.05) is 74.8 Å². The van der Waals surface area contributed by atoms with Gasteiger partial charge in [-0.1, -0.05) is 78.7 Å². The number of para-hydroxylation sites is 2. The number of fused-ring (bicyclic) bond motifs is 5. The molecule has 0 radical (unpaired) electrons. The van der Waals surface area contributed by atoms with Crippen LogP contribution in [-0.4, -0.2) is 136 Å². The number of hydrogen-bond acceptors (Lipinski definition) is 26. The highest BCUT2D eigenvalue weighted by Gasteiger charge is 2.35. The maximum absolute atomic E-state index is 14.0. The maximum Gasteiger partial charge on any atom is 0.573 e. The second-order valence-electron chi connectivity index (χ2n) is 29.6. The number of aryl methyl sites for hydroxylation is 2. The first kappa shape index (κ1) is 97.4. The molecule has 0 aliphatic carbocycles. The lowest BCUT2D eigenvalue weighted by Crippen LogP contribution is -2.17. The number of anilines is 10. The van der Waals surface area contributed by atoms with E-state index in [0.717, 1.165) is 34.5 Å². The van der Waals surface area contributed by atoms with E-state index < -0.39 is 37.6 Å². The zero-order valence-corrected chi connectivity index (χ0v) is 74.2. The summed E-state index contributed by atoms with van der Waals surface area (Å²) in [6.07, 6.45) is -5.83. The Bertz CT molecular complexity index is 7800. The zero-order valence-electron chi connectivity index (χ0n) is 72.7. The molecule has 142 heavy (non-hydrogen) atoms. The van der Waals surface area contributed by atoms with Crippen molar-refractivity contribution in [1.29, 1.82) is 0 Å². The van der Waals surface area contributed by atoms with Crippen molar-refractivity contribution in [3.05, 3.63) is 326 Å². The monoisotopic (exact) mass is 2000 g/mol. The first-order valence-corrected chi connectivity index (χ1v) is 42.1. The molecule has 20 rings (SSSR count). The number of benzene rings is 9. The molecule has 0 saturated carbocycles. The summed E-state index contributed by atoms with van der Waals surface area (Å²) in [6, 6.07) is 57.1. The van der Waals surface area contributed by atoms with Crippen molar-refractivity contribution in [3.8, 4) is 57.3 Å². The largest absolute Gasteiger partial charge is 0.573 e. The lowest BCUT2D eigenvalue weighted by molar-refractivity contribution is -0.275. The van der Waals surface area contributed by atoms with Gasteiger partial charge in [0.2, 0.25) is 0 Å². The highest BCUT2D eigenvalue weighted by Crippen LogP contribution is 2.37. The molecule has 0 amide bonds. The summed E-state index contributed by atoms with van der Waals surface area (Å²) < 4.78 is 225. The number of halogens is 18. The standard InChI is InChI=1S/2C20H16F3N5O.C18H10Cl2F3N5O.C18H11F4N5O.C17H11F3N6O/c1-12-4-3-5-17(13(12)2)28-10-16-18(24-11-25-19(16)27-28)26-14-6-8-15(9-7-14)29-20(21,22)23;1-2-13-5-3-4-6-17(13)28-11-16-18(24-12-25-19(16)27-28)26-14-7-9-15(10-8-14)29-20(21,22)23;19-10-1-6-15(14(20)7-10)28-8-13-16(24-9-25-17(13)27-28)26-11-2-4-12(5-3-11)29-18(21,22)23;19-14-3-1-2-4-15(14)27-9-13-16(23-10-24-17(13)26-27)25-11-5-7-12(8-6-11)28-18(20,21)22;18-17(19,20)27-12-6-4-11(5-7-12)24-15-13-9-26(14-3-1-2-8-21-14)25-16(13)23-10-22-15/h3-11H,1-2H3,(H,24,25,26,27);3-12H,2H2,1H3,(H,24,25,26,27);1-9H,(H,24,25,26,27);1-10H,(H,23,24,25,26);1-10H,(H,22,23,24,25). The number of alkyl halides is 15. The average Bonchev–Trinajstić information content (AvgIpc) is 1.67. The Morgan fingerprint density at radius 3 is 0.915 bits per heavy atom. The average molecular weight is 2000 g/mol. The van der Waals surface area contributed by atoms with Crippen molar-refractivity contribution in [2.75, 3.05) is 26.6 Å². The van der Waals surface area contributed by atoms with Crippen LogP contribution in [0.5, 0.6) is 28.7 Å².